The van der Waals surface area contributed by atoms with Crippen LogP contribution < -0.4 is 0 Å². The van der Waals surface area contributed by atoms with Crippen molar-refractivity contribution in [3.05, 3.63) is 47.4 Å². The summed E-state index contributed by atoms with van der Waals surface area (Å²) in [5.74, 6) is -1.13. The number of carbonyl (C=O) groups is 1. The maximum Gasteiger partial charge on any atom is 0.341 e. The first-order valence-electron chi connectivity index (χ1n) is 4.49. The van der Waals surface area contributed by atoms with Crippen LogP contribution in [0.4, 0.5) is 0 Å². The van der Waals surface area contributed by atoms with Gasteiger partial charge in [0.1, 0.15) is 17.0 Å². The molecule has 0 aliphatic heterocycles. The largest absolute Gasteiger partial charge is 0.478 e. The van der Waals surface area contributed by atoms with E-state index < -0.39 is 5.97 Å². The summed E-state index contributed by atoms with van der Waals surface area (Å²) >= 11 is 5.74. The smallest absolute Gasteiger partial charge is 0.341 e. The van der Waals surface area contributed by atoms with Gasteiger partial charge in [-0.15, -0.1) is 12.4 Å². The molecule has 0 saturated heterocycles. The minimum atomic E-state index is -1.13. The molecule has 0 amide bonds. The second-order valence-electron chi connectivity index (χ2n) is 3.06. The molecule has 0 bridgehead atoms. The minimum Gasteiger partial charge on any atom is -0.478 e. The highest BCUT2D eigenvalue weighted by molar-refractivity contribution is 6.32. The summed E-state index contributed by atoms with van der Waals surface area (Å²) in [6.07, 6.45) is 1.25. The second kappa shape index (κ2) is 5.61. The summed E-state index contributed by atoms with van der Waals surface area (Å²) < 4.78 is 0. The van der Waals surface area contributed by atoms with E-state index in [0.29, 0.717) is 11.3 Å². The van der Waals surface area contributed by atoms with Crippen LogP contribution in [0.25, 0.3) is 11.3 Å². The number of rotatable bonds is 2. The van der Waals surface area contributed by atoms with Crippen molar-refractivity contribution in [3.63, 3.8) is 0 Å². The van der Waals surface area contributed by atoms with Crippen LogP contribution in [-0.2, 0) is 0 Å². The molecular formula is C11H8Cl2N2O2. The van der Waals surface area contributed by atoms with E-state index in [-0.39, 0.29) is 23.1 Å². The molecule has 6 heteroatoms. The molecule has 1 N–H and O–H groups in total. The number of aromatic nitrogens is 2. The van der Waals surface area contributed by atoms with Crippen LogP contribution >= 0.6 is 24.0 Å². The zero-order chi connectivity index (χ0) is 11.5. The van der Waals surface area contributed by atoms with Crippen LogP contribution in [0.3, 0.4) is 0 Å². The number of nitrogens with zero attached hydrogens (tertiary/aromatic N) is 2. The zero-order valence-electron chi connectivity index (χ0n) is 8.50. The molecule has 0 unspecified atom stereocenters. The lowest BCUT2D eigenvalue weighted by molar-refractivity contribution is 0.0697. The fourth-order valence-corrected chi connectivity index (χ4v) is 1.58. The highest BCUT2D eigenvalue weighted by Crippen LogP contribution is 2.24. The van der Waals surface area contributed by atoms with Crippen molar-refractivity contribution in [3.8, 4) is 11.3 Å². The third kappa shape index (κ3) is 2.72. The van der Waals surface area contributed by atoms with E-state index in [1.54, 1.807) is 24.3 Å². The van der Waals surface area contributed by atoms with E-state index in [9.17, 15) is 4.79 Å². The van der Waals surface area contributed by atoms with Gasteiger partial charge in [-0.05, 0) is 0 Å². The molecule has 2 rings (SSSR count). The molecule has 0 fully saturated rings. The van der Waals surface area contributed by atoms with Crippen molar-refractivity contribution in [1.29, 1.82) is 0 Å². The van der Waals surface area contributed by atoms with Crippen LogP contribution in [0.2, 0.25) is 5.15 Å². The highest BCUT2D eigenvalue weighted by atomic mass is 35.5. The fraction of sp³-hybridized carbons (Fsp3) is 0. The quantitative estimate of drug-likeness (QED) is 0.853. The Morgan fingerprint density at radius 3 is 2.41 bits per heavy atom. The molecule has 88 valence electrons. The predicted octanol–water partition coefficient (Wildman–Crippen LogP) is 2.92. The zero-order valence-corrected chi connectivity index (χ0v) is 10.1. The van der Waals surface area contributed by atoms with Crippen molar-refractivity contribution in [2.45, 2.75) is 0 Å². The average molecular weight is 271 g/mol. The maximum atomic E-state index is 11.1. The van der Waals surface area contributed by atoms with Gasteiger partial charge in [-0.3, -0.25) is 0 Å². The molecule has 4 nitrogen and oxygen atoms in total. The fourth-order valence-electron chi connectivity index (χ4n) is 1.37. The molecule has 1 heterocycles. The first-order valence-corrected chi connectivity index (χ1v) is 4.87. The Labute approximate surface area is 109 Å². The Balaban J connectivity index is 0.00000144. The first-order chi connectivity index (χ1) is 7.70. The van der Waals surface area contributed by atoms with Crippen molar-refractivity contribution in [2.24, 2.45) is 0 Å². The Bertz CT molecular complexity index is 532. The van der Waals surface area contributed by atoms with Gasteiger partial charge >= 0.3 is 5.97 Å². The van der Waals surface area contributed by atoms with Gasteiger partial charge in [0.05, 0.1) is 5.69 Å². The minimum absolute atomic E-state index is 0. The second-order valence-corrected chi connectivity index (χ2v) is 3.42. The van der Waals surface area contributed by atoms with Crippen LogP contribution in [-0.4, -0.2) is 21.0 Å². The standard InChI is InChI=1S/C11H7ClN2O2.ClH/c12-10-8(11(15)16)9(13-6-14-10)7-4-2-1-3-5-7;/h1-6H,(H,15,16);1H. The predicted molar refractivity (Wildman–Crippen MR) is 66.7 cm³/mol. The Hall–Kier alpha value is -1.65. The lowest BCUT2D eigenvalue weighted by Crippen LogP contribution is -2.04. The van der Waals surface area contributed by atoms with E-state index in [0.717, 1.165) is 0 Å². The van der Waals surface area contributed by atoms with E-state index in [4.69, 9.17) is 16.7 Å². The van der Waals surface area contributed by atoms with Gasteiger partial charge in [0.15, 0.2) is 0 Å². The van der Waals surface area contributed by atoms with Gasteiger partial charge in [-0.25, -0.2) is 14.8 Å². The number of halogens is 2. The Kier molecular flexibility index (Phi) is 4.43. The summed E-state index contributed by atoms with van der Waals surface area (Å²) in [4.78, 5) is 18.7. The maximum absolute atomic E-state index is 11.1. The molecule has 1 aromatic heterocycles. The van der Waals surface area contributed by atoms with Gasteiger partial charge in [0.2, 0.25) is 0 Å². The summed E-state index contributed by atoms with van der Waals surface area (Å²) in [6.45, 7) is 0. The van der Waals surface area contributed by atoms with Gasteiger partial charge in [-0.1, -0.05) is 41.9 Å². The Morgan fingerprint density at radius 2 is 1.82 bits per heavy atom. The molecule has 1 aromatic carbocycles. The van der Waals surface area contributed by atoms with Gasteiger partial charge in [-0.2, -0.15) is 0 Å². The average Bonchev–Trinajstić information content (AvgIpc) is 2.29. The highest BCUT2D eigenvalue weighted by Gasteiger charge is 2.17. The summed E-state index contributed by atoms with van der Waals surface area (Å²) in [6, 6.07) is 8.98. The van der Waals surface area contributed by atoms with E-state index >= 15 is 0 Å². The molecule has 0 radical (unpaired) electrons. The van der Waals surface area contributed by atoms with Crippen molar-refractivity contribution >= 4 is 30.0 Å². The van der Waals surface area contributed by atoms with Crippen molar-refractivity contribution in [1.82, 2.24) is 9.97 Å². The molecule has 2 aromatic rings. The number of hydrogen-bond donors (Lipinski definition) is 1. The normalized spacial score (nSPS) is 9.47. The molecule has 0 aliphatic carbocycles. The Morgan fingerprint density at radius 1 is 1.18 bits per heavy atom. The monoisotopic (exact) mass is 270 g/mol. The molecular weight excluding hydrogens is 263 g/mol. The summed E-state index contributed by atoms with van der Waals surface area (Å²) in [5, 5.41) is 8.99. The number of carboxylic acid groups (broad SMARTS) is 1. The summed E-state index contributed by atoms with van der Waals surface area (Å²) in [7, 11) is 0. The molecule has 0 spiro atoms. The summed E-state index contributed by atoms with van der Waals surface area (Å²) in [5.41, 5.74) is 0.952. The van der Waals surface area contributed by atoms with Gasteiger partial charge in [0.25, 0.3) is 0 Å². The molecule has 0 aliphatic rings. The number of aromatic carboxylic acids is 1. The van der Waals surface area contributed by atoms with Crippen LogP contribution in [0.15, 0.2) is 36.7 Å². The number of carboxylic acids is 1. The third-order valence-electron chi connectivity index (χ3n) is 2.06. The first kappa shape index (κ1) is 13.4. The number of benzene rings is 1. The van der Waals surface area contributed by atoms with E-state index in [1.165, 1.54) is 6.33 Å². The van der Waals surface area contributed by atoms with Gasteiger partial charge < -0.3 is 5.11 Å². The SMILES string of the molecule is Cl.O=C(O)c1c(Cl)ncnc1-c1ccccc1. The lowest BCUT2D eigenvalue weighted by atomic mass is 10.1. The van der Waals surface area contributed by atoms with E-state index in [1.807, 2.05) is 6.07 Å². The van der Waals surface area contributed by atoms with Crippen LogP contribution in [0.5, 0.6) is 0 Å². The van der Waals surface area contributed by atoms with Crippen molar-refractivity contribution in [2.75, 3.05) is 0 Å². The van der Waals surface area contributed by atoms with Crippen molar-refractivity contribution < 1.29 is 9.90 Å². The third-order valence-corrected chi connectivity index (χ3v) is 2.35. The lowest BCUT2D eigenvalue weighted by Gasteiger charge is -2.05. The van der Waals surface area contributed by atoms with Crippen LogP contribution in [0.1, 0.15) is 10.4 Å². The molecule has 17 heavy (non-hydrogen) atoms. The molecule has 0 atom stereocenters. The molecule has 0 saturated carbocycles. The van der Waals surface area contributed by atoms with Gasteiger partial charge in [0, 0.05) is 5.56 Å². The van der Waals surface area contributed by atoms with Crippen LogP contribution in [0, 0.1) is 0 Å². The topological polar surface area (TPSA) is 63.1 Å². The number of hydrogen-bond acceptors (Lipinski definition) is 3. The van der Waals surface area contributed by atoms with E-state index in [2.05, 4.69) is 9.97 Å².